The van der Waals surface area contributed by atoms with Crippen molar-refractivity contribution in [1.82, 2.24) is 5.32 Å². The molecule has 1 heterocycles. The molecule has 0 atom stereocenters. The molecular formula is C16H16FNO4. The SMILES string of the molecule is Cc1cc(C(=O)OCC(=O)NCc2ccccc2F)c(C)o1. The van der Waals surface area contributed by atoms with Gasteiger partial charge in [0.1, 0.15) is 22.9 Å². The van der Waals surface area contributed by atoms with Gasteiger partial charge in [-0.25, -0.2) is 9.18 Å². The van der Waals surface area contributed by atoms with Gasteiger partial charge in [0.15, 0.2) is 6.61 Å². The van der Waals surface area contributed by atoms with Crippen LogP contribution in [0.1, 0.15) is 27.4 Å². The topological polar surface area (TPSA) is 68.5 Å². The molecule has 0 bridgehead atoms. The Hall–Kier alpha value is -2.63. The molecule has 5 nitrogen and oxygen atoms in total. The molecule has 0 fully saturated rings. The second-order valence-electron chi connectivity index (χ2n) is 4.77. The van der Waals surface area contributed by atoms with Gasteiger partial charge in [0, 0.05) is 12.1 Å². The highest BCUT2D eigenvalue weighted by Gasteiger charge is 2.16. The van der Waals surface area contributed by atoms with Crippen LogP contribution in [-0.4, -0.2) is 18.5 Å². The lowest BCUT2D eigenvalue weighted by Gasteiger charge is -2.07. The monoisotopic (exact) mass is 305 g/mol. The van der Waals surface area contributed by atoms with E-state index in [1.807, 2.05) is 0 Å². The summed E-state index contributed by atoms with van der Waals surface area (Å²) in [7, 11) is 0. The maximum atomic E-state index is 13.4. The van der Waals surface area contributed by atoms with E-state index < -0.39 is 24.3 Å². The summed E-state index contributed by atoms with van der Waals surface area (Å²) in [6.07, 6.45) is 0. The molecule has 0 saturated heterocycles. The molecule has 116 valence electrons. The highest BCUT2D eigenvalue weighted by Crippen LogP contribution is 2.14. The quantitative estimate of drug-likeness (QED) is 0.862. The second kappa shape index (κ2) is 6.89. The number of rotatable bonds is 5. The van der Waals surface area contributed by atoms with Gasteiger partial charge in [-0.1, -0.05) is 18.2 Å². The summed E-state index contributed by atoms with van der Waals surface area (Å²) in [5, 5.41) is 2.49. The minimum Gasteiger partial charge on any atom is -0.466 e. The first-order valence-corrected chi connectivity index (χ1v) is 6.71. The van der Waals surface area contributed by atoms with Crippen LogP contribution in [0, 0.1) is 19.7 Å². The largest absolute Gasteiger partial charge is 0.466 e. The highest BCUT2D eigenvalue weighted by atomic mass is 19.1. The minimum absolute atomic E-state index is 0.0346. The van der Waals surface area contributed by atoms with Gasteiger partial charge in [-0.3, -0.25) is 4.79 Å². The van der Waals surface area contributed by atoms with Crippen LogP contribution < -0.4 is 5.32 Å². The zero-order valence-corrected chi connectivity index (χ0v) is 12.3. The Labute approximate surface area is 127 Å². The van der Waals surface area contributed by atoms with Crippen LogP contribution in [0.4, 0.5) is 4.39 Å². The van der Waals surface area contributed by atoms with Crippen molar-refractivity contribution < 1.29 is 23.1 Å². The van der Waals surface area contributed by atoms with E-state index in [1.54, 1.807) is 38.1 Å². The van der Waals surface area contributed by atoms with E-state index in [2.05, 4.69) is 5.32 Å². The maximum absolute atomic E-state index is 13.4. The number of ether oxygens (including phenoxy) is 1. The molecule has 1 amide bonds. The minimum atomic E-state index is -0.629. The Kier molecular flexibility index (Phi) is 4.93. The average molecular weight is 305 g/mol. The summed E-state index contributed by atoms with van der Waals surface area (Å²) in [6.45, 7) is 2.95. The van der Waals surface area contributed by atoms with Gasteiger partial charge in [-0.05, 0) is 26.0 Å². The third-order valence-corrected chi connectivity index (χ3v) is 3.03. The van der Waals surface area contributed by atoms with E-state index in [0.717, 1.165) is 0 Å². The lowest BCUT2D eigenvalue weighted by molar-refractivity contribution is -0.124. The van der Waals surface area contributed by atoms with Crippen molar-refractivity contribution in [2.24, 2.45) is 0 Å². The average Bonchev–Trinajstić information content (AvgIpc) is 2.82. The Bertz CT molecular complexity index is 693. The van der Waals surface area contributed by atoms with Gasteiger partial charge in [0.05, 0.1) is 0 Å². The van der Waals surface area contributed by atoms with E-state index in [9.17, 15) is 14.0 Å². The Morgan fingerprint density at radius 3 is 2.64 bits per heavy atom. The van der Waals surface area contributed by atoms with Crippen LogP contribution in [0.5, 0.6) is 0 Å². The van der Waals surface area contributed by atoms with Crippen LogP contribution in [0.15, 0.2) is 34.7 Å². The predicted octanol–water partition coefficient (Wildman–Crippen LogP) is 2.51. The van der Waals surface area contributed by atoms with Crippen LogP contribution in [0.25, 0.3) is 0 Å². The number of carbonyl (C=O) groups is 2. The molecule has 1 aromatic heterocycles. The number of hydrogen-bond donors (Lipinski definition) is 1. The van der Waals surface area contributed by atoms with Gasteiger partial charge >= 0.3 is 5.97 Å². The molecule has 1 aromatic carbocycles. The smallest absolute Gasteiger partial charge is 0.342 e. The number of carbonyl (C=O) groups excluding carboxylic acids is 2. The standard InChI is InChI=1S/C16H16FNO4/c1-10-7-13(11(2)22-10)16(20)21-9-15(19)18-8-12-5-3-4-6-14(12)17/h3-7H,8-9H2,1-2H3,(H,18,19). The van der Waals surface area contributed by atoms with Crippen molar-refractivity contribution in [3.05, 3.63) is 58.8 Å². The molecule has 0 aliphatic heterocycles. The molecule has 0 saturated carbocycles. The molecule has 0 radical (unpaired) electrons. The van der Waals surface area contributed by atoms with Gasteiger partial charge in [-0.15, -0.1) is 0 Å². The first-order valence-electron chi connectivity index (χ1n) is 6.71. The number of amides is 1. The van der Waals surface area contributed by atoms with Crippen molar-refractivity contribution >= 4 is 11.9 Å². The summed E-state index contributed by atoms with van der Waals surface area (Å²) in [5.41, 5.74) is 0.655. The number of halogens is 1. The number of esters is 1. The van der Waals surface area contributed by atoms with Crippen LogP contribution in [-0.2, 0) is 16.1 Å². The second-order valence-corrected chi connectivity index (χ2v) is 4.77. The fourth-order valence-corrected chi connectivity index (χ4v) is 1.93. The molecule has 22 heavy (non-hydrogen) atoms. The molecule has 0 aliphatic carbocycles. The van der Waals surface area contributed by atoms with Crippen LogP contribution >= 0.6 is 0 Å². The Balaban J connectivity index is 1.82. The van der Waals surface area contributed by atoms with Crippen molar-refractivity contribution in [2.45, 2.75) is 20.4 Å². The first-order chi connectivity index (χ1) is 10.5. The van der Waals surface area contributed by atoms with Crippen molar-refractivity contribution in [2.75, 3.05) is 6.61 Å². The van der Waals surface area contributed by atoms with Gasteiger partial charge in [0.2, 0.25) is 0 Å². The van der Waals surface area contributed by atoms with Crippen molar-refractivity contribution in [1.29, 1.82) is 0 Å². The Morgan fingerprint density at radius 2 is 2.00 bits per heavy atom. The van der Waals surface area contributed by atoms with Gasteiger partial charge in [-0.2, -0.15) is 0 Å². The number of benzene rings is 1. The molecule has 0 unspecified atom stereocenters. The Morgan fingerprint density at radius 1 is 1.27 bits per heavy atom. The fraction of sp³-hybridized carbons (Fsp3) is 0.250. The molecule has 1 N–H and O–H groups in total. The van der Waals surface area contributed by atoms with Gasteiger partial charge < -0.3 is 14.5 Å². The fourth-order valence-electron chi connectivity index (χ4n) is 1.93. The summed E-state index contributed by atoms with van der Waals surface area (Å²) >= 11 is 0. The van der Waals surface area contributed by atoms with E-state index in [4.69, 9.17) is 9.15 Å². The lowest BCUT2D eigenvalue weighted by atomic mass is 10.2. The van der Waals surface area contributed by atoms with E-state index in [1.165, 1.54) is 6.07 Å². The number of hydrogen-bond acceptors (Lipinski definition) is 4. The van der Waals surface area contributed by atoms with Crippen LogP contribution in [0.2, 0.25) is 0 Å². The third-order valence-electron chi connectivity index (χ3n) is 3.03. The highest BCUT2D eigenvalue weighted by molar-refractivity contribution is 5.92. The maximum Gasteiger partial charge on any atom is 0.342 e. The van der Waals surface area contributed by atoms with Crippen LogP contribution in [0.3, 0.4) is 0 Å². The predicted molar refractivity (Wildman–Crippen MR) is 76.7 cm³/mol. The first kappa shape index (κ1) is 15.8. The third kappa shape index (κ3) is 3.94. The van der Waals surface area contributed by atoms with Gasteiger partial charge in [0.25, 0.3) is 5.91 Å². The number of aryl methyl sites for hydroxylation is 2. The van der Waals surface area contributed by atoms with E-state index in [0.29, 0.717) is 22.6 Å². The molecule has 2 aromatic rings. The summed E-state index contributed by atoms with van der Waals surface area (Å²) < 4.78 is 23.5. The number of furan rings is 1. The number of nitrogens with one attached hydrogen (secondary N) is 1. The van der Waals surface area contributed by atoms with Crippen molar-refractivity contribution in [3.63, 3.8) is 0 Å². The summed E-state index contributed by atoms with van der Waals surface area (Å²) in [5.74, 6) is -0.503. The molecule has 0 spiro atoms. The molecular weight excluding hydrogens is 289 g/mol. The summed E-state index contributed by atoms with van der Waals surface area (Å²) in [4.78, 5) is 23.4. The molecule has 2 rings (SSSR count). The zero-order valence-electron chi connectivity index (χ0n) is 12.3. The lowest BCUT2D eigenvalue weighted by Crippen LogP contribution is -2.28. The molecule has 6 heteroatoms. The zero-order chi connectivity index (χ0) is 16.1. The molecule has 0 aliphatic rings. The van der Waals surface area contributed by atoms with E-state index >= 15 is 0 Å². The summed E-state index contributed by atoms with van der Waals surface area (Å²) in [6, 6.07) is 7.67. The normalized spacial score (nSPS) is 10.3. The van der Waals surface area contributed by atoms with Crippen molar-refractivity contribution in [3.8, 4) is 0 Å². The van der Waals surface area contributed by atoms with E-state index in [-0.39, 0.29) is 6.54 Å².